The summed E-state index contributed by atoms with van der Waals surface area (Å²) in [5.41, 5.74) is 1.77. The Balaban J connectivity index is 2.23. The number of para-hydroxylation sites is 1. The van der Waals surface area contributed by atoms with Gasteiger partial charge in [0, 0.05) is 24.3 Å². The van der Waals surface area contributed by atoms with Gasteiger partial charge < -0.3 is 10.2 Å². The molecule has 3 nitrogen and oxygen atoms in total. The number of anilines is 1. The number of nitrogens with zero attached hydrogens (tertiary/aromatic N) is 1. The first kappa shape index (κ1) is 14.9. The van der Waals surface area contributed by atoms with Crippen molar-refractivity contribution in [3.8, 4) is 0 Å². The SMILES string of the molecule is CCCNc1ccccc1C(=O)N1C(C)CCCC1C. The monoisotopic (exact) mass is 274 g/mol. The van der Waals surface area contributed by atoms with Crippen molar-refractivity contribution in [2.75, 3.05) is 11.9 Å². The Hall–Kier alpha value is -1.51. The number of benzene rings is 1. The molecule has 0 aromatic heterocycles. The zero-order valence-corrected chi connectivity index (χ0v) is 12.9. The second kappa shape index (κ2) is 6.78. The first-order valence-electron chi connectivity index (χ1n) is 7.80. The third kappa shape index (κ3) is 3.14. The van der Waals surface area contributed by atoms with E-state index in [4.69, 9.17) is 0 Å². The van der Waals surface area contributed by atoms with Crippen molar-refractivity contribution in [2.24, 2.45) is 0 Å². The van der Waals surface area contributed by atoms with E-state index < -0.39 is 0 Å². The fourth-order valence-electron chi connectivity index (χ4n) is 3.04. The van der Waals surface area contributed by atoms with Crippen molar-refractivity contribution in [3.05, 3.63) is 29.8 Å². The van der Waals surface area contributed by atoms with Gasteiger partial charge in [0.15, 0.2) is 0 Å². The molecule has 1 heterocycles. The van der Waals surface area contributed by atoms with Gasteiger partial charge in [-0.3, -0.25) is 4.79 Å². The first-order valence-corrected chi connectivity index (χ1v) is 7.80. The molecule has 2 rings (SSSR count). The Labute approximate surface area is 122 Å². The van der Waals surface area contributed by atoms with Gasteiger partial charge in [0.1, 0.15) is 0 Å². The lowest BCUT2D eigenvalue weighted by Gasteiger charge is -2.39. The van der Waals surface area contributed by atoms with E-state index in [0.29, 0.717) is 12.1 Å². The largest absolute Gasteiger partial charge is 0.384 e. The van der Waals surface area contributed by atoms with E-state index in [1.54, 1.807) is 0 Å². The summed E-state index contributed by atoms with van der Waals surface area (Å²) in [6, 6.07) is 8.55. The number of carbonyl (C=O) groups excluding carboxylic acids is 1. The van der Waals surface area contributed by atoms with Crippen LogP contribution in [-0.2, 0) is 0 Å². The Bertz CT molecular complexity index is 448. The van der Waals surface area contributed by atoms with Gasteiger partial charge in [0.2, 0.25) is 0 Å². The molecule has 1 aliphatic rings. The molecule has 0 radical (unpaired) electrons. The van der Waals surface area contributed by atoms with Gasteiger partial charge in [0.25, 0.3) is 5.91 Å². The summed E-state index contributed by atoms with van der Waals surface area (Å²) < 4.78 is 0. The summed E-state index contributed by atoms with van der Waals surface area (Å²) in [5, 5.41) is 3.37. The molecule has 1 amide bonds. The van der Waals surface area contributed by atoms with E-state index in [-0.39, 0.29) is 5.91 Å². The van der Waals surface area contributed by atoms with E-state index in [1.807, 2.05) is 24.3 Å². The minimum absolute atomic E-state index is 0.170. The minimum Gasteiger partial charge on any atom is -0.384 e. The first-order chi connectivity index (χ1) is 9.65. The Kier molecular flexibility index (Phi) is 5.05. The number of amides is 1. The zero-order valence-electron chi connectivity index (χ0n) is 12.9. The molecule has 0 spiro atoms. The highest BCUT2D eigenvalue weighted by Gasteiger charge is 2.30. The average molecular weight is 274 g/mol. The Morgan fingerprint density at radius 3 is 2.55 bits per heavy atom. The van der Waals surface area contributed by atoms with Gasteiger partial charge >= 0.3 is 0 Å². The molecule has 1 aliphatic heterocycles. The molecule has 0 saturated carbocycles. The molecule has 1 saturated heterocycles. The van der Waals surface area contributed by atoms with Crippen LogP contribution in [0.1, 0.15) is 56.8 Å². The van der Waals surface area contributed by atoms with E-state index in [9.17, 15) is 4.79 Å². The standard InChI is InChI=1S/C17H26N2O/c1-4-12-18-16-11-6-5-10-15(16)17(20)19-13(2)8-7-9-14(19)3/h5-6,10-11,13-14,18H,4,7-9,12H2,1-3H3. The number of rotatable bonds is 4. The molecule has 110 valence electrons. The second-order valence-electron chi connectivity index (χ2n) is 5.81. The maximum absolute atomic E-state index is 12.9. The van der Waals surface area contributed by atoms with Gasteiger partial charge in [-0.25, -0.2) is 0 Å². The van der Waals surface area contributed by atoms with Crippen LogP contribution in [0.25, 0.3) is 0 Å². The minimum atomic E-state index is 0.170. The van der Waals surface area contributed by atoms with Crippen LogP contribution >= 0.6 is 0 Å². The smallest absolute Gasteiger partial charge is 0.256 e. The second-order valence-corrected chi connectivity index (χ2v) is 5.81. The van der Waals surface area contributed by atoms with Crippen LogP contribution in [-0.4, -0.2) is 29.4 Å². The average Bonchev–Trinajstić information content (AvgIpc) is 2.45. The predicted molar refractivity (Wildman–Crippen MR) is 84.2 cm³/mol. The molecule has 2 atom stereocenters. The van der Waals surface area contributed by atoms with Gasteiger partial charge in [-0.2, -0.15) is 0 Å². The molecule has 1 fully saturated rings. The highest BCUT2D eigenvalue weighted by Crippen LogP contribution is 2.27. The molecule has 1 aromatic carbocycles. The molecule has 20 heavy (non-hydrogen) atoms. The summed E-state index contributed by atoms with van der Waals surface area (Å²) in [5.74, 6) is 0.170. The van der Waals surface area contributed by atoms with Crippen molar-refractivity contribution in [1.82, 2.24) is 4.90 Å². The number of hydrogen-bond acceptors (Lipinski definition) is 2. The zero-order chi connectivity index (χ0) is 14.5. The van der Waals surface area contributed by atoms with Crippen LogP contribution < -0.4 is 5.32 Å². The lowest BCUT2D eigenvalue weighted by Crippen LogP contribution is -2.47. The summed E-state index contributed by atoms with van der Waals surface area (Å²) in [6.45, 7) is 7.35. The van der Waals surface area contributed by atoms with Crippen LogP contribution in [0.15, 0.2) is 24.3 Å². The van der Waals surface area contributed by atoms with Crippen LogP contribution in [0.4, 0.5) is 5.69 Å². The Morgan fingerprint density at radius 2 is 1.90 bits per heavy atom. The van der Waals surface area contributed by atoms with E-state index in [1.165, 1.54) is 6.42 Å². The number of hydrogen-bond donors (Lipinski definition) is 1. The molecular formula is C17H26N2O. The summed E-state index contributed by atoms with van der Waals surface area (Å²) in [4.78, 5) is 15.0. The number of carbonyl (C=O) groups is 1. The van der Waals surface area contributed by atoms with E-state index >= 15 is 0 Å². The van der Waals surface area contributed by atoms with Crippen molar-refractivity contribution in [1.29, 1.82) is 0 Å². The molecule has 1 aromatic rings. The molecule has 3 heteroatoms. The number of likely N-dealkylation sites (tertiary alicyclic amines) is 1. The highest BCUT2D eigenvalue weighted by molar-refractivity contribution is 6.00. The number of piperidine rings is 1. The van der Waals surface area contributed by atoms with Crippen LogP contribution in [0.2, 0.25) is 0 Å². The van der Waals surface area contributed by atoms with Gasteiger partial charge in [0.05, 0.1) is 5.56 Å². The summed E-state index contributed by atoms with van der Waals surface area (Å²) in [7, 11) is 0. The molecule has 0 aliphatic carbocycles. The van der Waals surface area contributed by atoms with Gasteiger partial charge in [-0.15, -0.1) is 0 Å². The fourth-order valence-corrected chi connectivity index (χ4v) is 3.04. The fraction of sp³-hybridized carbons (Fsp3) is 0.588. The third-order valence-electron chi connectivity index (χ3n) is 4.15. The van der Waals surface area contributed by atoms with Crippen molar-refractivity contribution in [3.63, 3.8) is 0 Å². The molecule has 2 unspecified atom stereocenters. The van der Waals surface area contributed by atoms with Gasteiger partial charge in [-0.1, -0.05) is 19.1 Å². The molecular weight excluding hydrogens is 248 g/mol. The predicted octanol–water partition coefficient (Wildman–Crippen LogP) is 3.91. The summed E-state index contributed by atoms with van der Waals surface area (Å²) >= 11 is 0. The van der Waals surface area contributed by atoms with Crippen LogP contribution in [0.3, 0.4) is 0 Å². The maximum Gasteiger partial charge on any atom is 0.256 e. The van der Waals surface area contributed by atoms with Crippen molar-refractivity contribution in [2.45, 2.75) is 58.5 Å². The maximum atomic E-state index is 12.9. The molecule has 1 N–H and O–H groups in total. The van der Waals surface area contributed by atoms with E-state index in [2.05, 4.69) is 31.0 Å². The lowest BCUT2D eigenvalue weighted by atomic mass is 9.96. The molecule has 0 bridgehead atoms. The van der Waals surface area contributed by atoms with Crippen LogP contribution in [0, 0.1) is 0 Å². The normalized spacial score (nSPS) is 22.6. The Morgan fingerprint density at radius 1 is 1.25 bits per heavy atom. The van der Waals surface area contributed by atoms with Gasteiger partial charge in [-0.05, 0) is 51.7 Å². The van der Waals surface area contributed by atoms with Crippen molar-refractivity contribution >= 4 is 11.6 Å². The third-order valence-corrected chi connectivity index (χ3v) is 4.15. The topological polar surface area (TPSA) is 32.3 Å². The lowest BCUT2D eigenvalue weighted by molar-refractivity contribution is 0.0512. The summed E-state index contributed by atoms with van der Waals surface area (Å²) in [6.07, 6.45) is 4.50. The van der Waals surface area contributed by atoms with E-state index in [0.717, 1.165) is 37.1 Å². The van der Waals surface area contributed by atoms with Crippen LogP contribution in [0.5, 0.6) is 0 Å². The number of nitrogens with one attached hydrogen (secondary N) is 1. The quantitative estimate of drug-likeness (QED) is 0.902. The highest BCUT2D eigenvalue weighted by atomic mass is 16.2. The van der Waals surface area contributed by atoms with Crippen molar-refractivity contribution < 1.29 is 4.79 Å².